The summed E-state index contributed by atoms with van der Waals surface area (Å²) in [4.78, 5) is 54.5. The molecule has 0 fully saturated rings. The summed E-state index contributed by atoms with van der Waals surface area (Å²) in [6.45, 7) is 9.10. The number of rotatable bonds is 63. The molecule has 0 aromatic carbocycles. The molecule has 0 radical (unpaired) electrons. The Hall–Kier alpha value is -1.42. The van der Waals surface area contributed by atoms with Crippen LogP contribution in [0.25, 0.3) is 0 Å². The van der Waals surface area contributed by atoms with E-state index in [1.165, 1.54) is 293 Å². The van der Waals surface area contributed by atoms with Gasteiger partial charge in [0.1, 0.15) is 12.1 Å². The van der Waals surface area contributed by atoms with Crippen LogP contribution in [0.5, 0.6) is 0 Å². The van der Waals surface area contributed by atoms with Crippen LogP contribution in [0, 0.1) is 11.8 Å². The Bertz CT molecular complexity index is 1150. The van der Waals surface area contributed by atoms with E-state index in [9.17, 15) is 19.2 Å². The molecule has 0 aromatic rings. The van der Waals surface area contributed by atoms with E-state index in [2.05, 4.69) is 38.3 Å². The first-order chi connectivity index (χ1) is 38.3. The lowest BCUT2D eigenvalue weighted by Gasteiger charge is -2.22. The van der Waals surface area contributed by atoms with Crippen molar-refractivity contribution in [3.05, 3.63) is 0 Å². The van der Waals surface area contributed by atoms with E-state index >= 15 is 0 Å². The van der Waals surface area contributed by atoms with Gasteiger partial charge in [0, 0.05) is 23.3 Å². The second kappa shape index (κ2) is 61.6. The smallest absolute Gasteiger partial charge is 0.329 e. The highest BCUT2D eigenvalue weighted by Gasteiger charge is 2.29. The van der Waals surface area contributed by atoms with Gasteiger partial charge in [-0.25, -0.2) is 9.59 Å². The maximum atomic E-state index is 14.1. The number of esters is 2. The number of amides is 2. The van der Waals surface area contributed by atoms with Crippen LogP contribution in [0.2, 0.25) is 0 Å². The molecule has 0 bridgehead atoms. The maximum absolute atomic E-state index is 14.1. The molecule has 0 aliphatic carbocycles. The average Bonchev–Trinajstić information content (AvgIpc) is 3.45. The molecule has 0 rings (SSSR count). The van der Waals surface area contributed by atoms with Crippen LogP contribution < -0.4 is 10.6 Å². The van der Waals surface area contributed by atoms with Crippen LogP contribution in [0.4, 0.5) is 0 Å². The molecular formula is C68H132N2O6S2. The molecule has 8 nitrogen and oxygen atoms in total. The van der Waals surface area contributed by atoms with Crippen molar-refractivity contribution in [1.29, 1.82) is 0 Å². The zero-order valence-electron chi connectivity index (χ0n) is 52.8. The molecule has 0 aliphatic rings. The van der Waals surface area contributed by atoms with Gasteiger partial charge in [-0.1, -0.05) is 357 Å². The van der Waals surface area contributed by atoms with E-state index in [0.29, 0.717) is 11.5 Å². The number of ether oxygens (including phenoxy) is 2. The zero-order chi connectivity index (χ0) is 57.0. The fraction of sp³-hybridized carbons (Fsp3) is 0.941. The Balaban J connectivity index is 5.41. The van der Waals surface area contributed by atoms with Crippen molar-refractivity contribution in [3.8, 4) is 0 Å². The monoisotopic (exact) mass is 1140 g/mol. The van der Waals surface area contributed by atoms with E-state index < -0.39 is 24.0 Å². The second-order valence-electron chi connectivity index (χ2n) is 23.8. The van der Waals surface area contributed by atoms with E-state index in [1.807, 2.05) is 0 Å². The van der Waals surface area contributed by atoms with Gasteiger partial charge in [0.25, 0.3) is 0 Å². The standard InChI is InChI=1S/C68H132N2O6S2/c1-7-11-15-19-23-27-31-35-39-43-47-51-55-61(56-52-48-44-40-36-32-28-24-20-16-12-8-2)65(71)69-63(67(73)75-5)59-77-78-60-64(68(74)76-6)70-66(72)62(57-53-49-45-41-37-33-29-25-21-17-13-9-3)58-54-50-46-42-38-34-30-26-22-18-14-10-4/h61-64H,7-60H2,1-6H3,(H,69,71)(H,70,72)/t63-,64-/m0/s1. The Morgan fingerprint density at radius 3 is 0.615 bits per heavy atom. The van der Waals surface area contributed by atoms with Gasteiger partial charge in [0.05, 0.1) is 14.2 Å². The fourth-order valence-electron chi connectivity index (χ4n) is 11.2. The minimum Gasteiger partial charge on any atom is -0.467 e. The van der Waals surface area contributed by atoms with Crippen molar-refractivity contribution in [1.82, 2.24) is 10.6 Å². The average molecular weight is 1140 g/mol. The van der Waals surface area contributed by atoms with E-state index in [0.717, 1.165) is 77.0 Å². The summed E-state index contributed by atoms with van der Waals surface area (Å²) < 4.78 is 10.4. The van der Waals surface area contributed by atoms with Crippen molar-refractivity contribution >= 4 is 45.3 Å². The highest BCUT2D eigenvalue weighted by atomic mass is 33.1. The predicted octanol–water partition coefficient (Wildman–Crippen LogP) is 21.3. The summed E-state index contributed by atoms with van der Waals surface area (Å²) in [5, 5.41) is 6.23. The molecule has 78 heavy (non-hydrogen) atoms. The van der Waals surface area contributed by atoms with Crippen molar-refractivity contribution < 1.29 is 28.7 Å². The van der Waals surface area contributed by atoms with Crippen LogP contribution in [0.15, 0.2) is 0 Å². The molecule has 0 aromatic heterocycles. The summed E-state index contributed by atoms with van der Waals surface area (Å²) in [7, 11) is 5.61. The van der Waals surface area contributed by atoms with Gasteiger partial charge in [0.2, 0.25) is 11.8 Å². The third kappa shape index (κ3) is 50.3. The normalized spacial score (nSPS) is 12.4. The minimum absolute atomic E-state index is 0.0470. The van der Waals surface area contributed by atoms with Crippen LogP contribution in [-0.2, 0) is 28.7 Å². The SMILES string of the molecule is CCCCCCCCCCCCCCC(CCCCCCCCCCCCCC)C(=O)N[C@@H](CSSC[C@H](NC(=O)C(CCCCCCCCCCCCCC)CCCCCCCCCCCCCC)C(=O)OC)C(=O)OC. The summed E-state index contributed by atoms with van der Waals surface area (Å²) >= 11 is 0. The molecular weight excluding hydrogens is 1000 g/mol. The van der Waals surface area contributed by atoms with Crippen molar-refractivity contribution in [2.24, 2.45) is 11.8 Å². The molecule has 2 atom stereocenters. The van der Waals surface area contributed by atoms with E-state index in [-0.39, 0.29) is 23.7 Å². The van der Waals surface area contributed by atoms with Crippen molar-refractivity contribution in [2.45, 2.75) is 374 Å². The molecule has 462 valence electrons. The van der Waals surface area contributed by atoms with Gasteiger partial charge in [-0.05, 0) is 25.7 Å². The van der Waals surface area contributed by atoms with Gasteiger partial charge >= 0.3 is 11.9 Å². The topological polar surface area (TPSA) is 111 Å². The summed E-state index contributed by atoms with van der Waals surface area (Å²) in [5.41, 5.74) is 0. The number of unbranched alkanes of at least 4 members (excludes halogenated alkanes) is 44. The summed E-state index contributed by atoms with van der Waals surface area (Å²) in [6, 6.07) is -1.60. The molecule has 2 amide bonds. The predicted molar refractivity (Wildman–Crippen MR) is 343 cm³/mol. The Morgan fingerprint density at radius 2 is 0.449 bits per heavy atom. The van der Waals surface area contributed by atoms with Gasteiger partial charge in [0.15, 0.2) is 0 Å². The van der Waals surface area contributed by atoms with Gasteiger partial charge in [-0.15, -0.1) is 0 Å². The number of hydrogen-bond donors (Lipinski definition) is 2. The lowest BCUT2D eigenvalue weighted by Crippen LogP contribution is -2.46. The lowest BCUT2D eigenvalue weighted by atomic mass is 9.93. The first kappa shape index (κ1) is 76.6. The van der Waals surface area contributed by atoms with E-state index in [4.69, 9.17) is 9.47 Å². The number of hydrogen-bond acceptors (Lipinski definition) is 8. The molecule has 0 saturated heterocycles. The Labute approximate surface area is 493 Å². The second-order valence-corrected chi connectivity index (χ2v) is 26.4. The number of carbonyl (C=O) groups is 4. The first-order valence-corrected chi connectivity index (χ1v) is 36.8. The van der Waals surface area contributed by atoms with Crippen LogP contribution in [-0.4, -0.2) is 61.6 Å². The molecule has 2 N–H and O–H groups in total. The van der Waals surface area contributed by atoms with Gasteiger partial charge in [-0.3, -0.25) is 9.59 Å². The number of nitrogens with one attached hydrogen (secondary N) is 2. The maximum Gasteiger partial charge on any atom is 0.329 e. The molecule has 0 heterocycles. The molecule has 0 spiro atoms. The third-order valence-corrected chi connectivity index (χ3v) is 18.9. The lowest BCUT2D eigenvalue weighted by molar-refractivity contribution is -0.145. The van der Waals surface area contributed by atoms with Crippen molar-refractivity contribution in [3.63, 3.8) is 0 Å². The Morgan fingerprint density at radius 1 is 0.282 bits per heavy atom. The van der Waals surface area contributed by atoms with E-state index in [1.54, 1.807) is 0 Å². The molecule has 0 saturated carbocycles. The van der Waals surface area contributed by atoms with Gasteiger partial charge < -0.3 is 20.1 Å². The largest absolute Gasteiger partial charge is 0.467 e. The molecule has 10 heteroatoms. The number of carbonyl (C=O) groups excluding carboxylic acids is 4. The Kier molecular flexibility index (Phi) is 60.5. The molecule has 0 aliphatic heterocycles. The highest BCUT2D eigenvalue weighted by molar-refractivity contribution is 8.76. The van der Waals surface area contributed by atoms with Crippen molar-refractivity contribution in [2.75, 3.05) is 25.7 Å². The minimum atomic E-state index is -0.798. The van der Waals surface area contributed by atoms with Gasteiger partial charge in [-0.2, -0.15) is 0 Å². The summed E-state index contributed by atoms with van der Waals surface area (Å²) in [6.07, 6.45) is 65.1. The first-order valence-electron chi connectivity index (χ1n) is 34.3. The van der Waals surface area contributed by atoms with Crippen LogP contribution in [0.3, 0.4) is 0 Å². The zero-order valence-corrected chi connectivity index (χ0v) is 54.4. The quantitative estimate of drug-likeness (QED) is 0.0352. The summed E-state index contributed by atoms with van der Waals surface area (Å²) in [5.74, 6) is -0.659. The van der Waals surface area contributed by atoms with Crippen LogP contribution >= 0.6 is 21.6 Å². The fourth-order valence-corrected chi connectivity index (χ4v) is 13.5. The molecule has 0 unspecified atom stereocenters. The third-order valence-electron chi connectivity index (χ3n) is 16.5. The highest BCUT2D eigenvalue weighted by Crippen LogP contribution is 2.27. The van der Waals surface area contributed by atoms with Crippen LogP contribution in [0.1, 0.15) is 362 Å². The number of methoxy groups -OCH3 is 2.